The number of aryl methyl sites for hydroxylation is 1. The molecule has 0 heterocycles. The number of hydrogen-bond donors (Lipinski definition) is 2. The molecule has 0 amide bonds. The van der Waals surface area contributed by atoms with Gasteiger partial charge in [-0.1, -0.05) is 31.9 Å². The standard InChI is InChI=1S/C14H24N2/c1-3-4-5-6-13-7-9-14(10-8-13)16-12(2)11-15/h7-10,12,16H,3-6,11,15H2,1-2H3. The van der Waals surface area contributed by atoms with Gasteiger partial charge < -0.3 is 11.1 Å². The average Bonchev–Trinajstić information content (AvgIpc) is 2.31. The highest BCUT2D eigenvalue weighted by atomic mass is 14.9. The van der Waals surface area contributed by atoms with Gasteiger partial charge >= 0.3 is 0 Å². The third kappa shape index (κ3) is 4.67. The summed E-state index contributed by atoms with van der Waals surface area (Å²) in [6.45, 7) is 4.99. The van der Waals surface area contributed by atoms with Crippen LogP contribution in [0.25, 0.3) is 0 Å². The summed E-state index contributed by atoms with van der Waals surface area (Å²) >= 11 is 0. The molecular weight excluding hydrogens is 196 g/mol. The zero-order valence-corrected chi connectivity index (χ0v) is 10.5. The van der Waals surface area contributed by atoms with Gasteiger partial charge in [0.1, 0.15) is 0 Å². The van der Waals surface area contributed by atoms with Gasteiger partial charge in [0.15, 0.2) is 0 Å². The third-order valence-electron chi connectivity index (χ3n) is 2.79. The van der Waals surface area contributed by atoms with E-state index < -0.39 is 0 Å². The Labute approximate surface area is 99.2 Å². The number of nitrogens with two attached hydrogens (primary N) is 1. The zero-order chi connectivity index (χ0) is 11.8. The molecule has 0 aliphatic rings. The summed E-state index contributed by atoms with van der Waals surface area (Å²) in [6, 6.07) is 9.05. The molecule has 1 aromatic carbocycles. The average molecular weight is 220 g/mol. The lowest BCUT2D eigenvalue weighted by Crippen LogP contribution is -2.25. The van der Waals surface area contributed by atoms with E-state index in [1.807, 2.05) is 0 Å². The van der Waals surface area contributed by atoms with Crippen LogP contribution in [0.5, 0.6) is 0 Å². The first-order valence-electron chi connectivity index (χ1n) is 6.31. The molecule has 0 bridgehead atoms. The van der Waals surface area contributed by atoms with E-state index in [1.165, 1.54) is 31.2 Å². The van der Waals surface area contributed by atoms with Crippen molar-refractivity contribution in [3.05, 3.63) is 29.8 Å². The molecule has 1 atom stereocenters. The summed E-state index contributed by atoms with van der Waals surface area (Å²) in [5.74, 6) is 0. The normalized spacial score (nSPS) is 12.4. The molecule has 2 nitrogen and oxygen atoms in total. The lowest BCUT2D eigenvalue weighted by molar-refractivity contribution is 0.717. The smallest absolute Gasteiger partial charge is 0.0355 e. The predicted octanol–water partition coefficient (Wildman–Crippen LogP) is 3.18. The number of nitrogens with one attached hydrogen (secondary N) is 1. The number of benzene rings is 1. The van der Waals surface area contributed by atoms with E-state index in [0.717, 1.165) is 5.69 Å². The number of hydrogen-bond acceptors (Lipinski definition) is 2. The van der Waals surface area contributed by atoms with Gasteiger partial charge in [-0.25, -0.2) is 0 Å². The van der Waals surface area contributed by atoms with Crippen molar-refractivity contribution in [3.8, 4) is 0 Å². The summed E-state index contributed by atoms with van der Waals surface area (Å²) in [6.07, 6.45) is 5.10. The fourth-order valence-corrected chi connectivity index (χ4v) is 1.69. The van der Waals surface area contributed by atoms with Gasteiger partial charge in [-0.3, -0.25) is 0 Å². The molecule has 3 N–H and O–H groups in total. The zero-order valence-electron chi connectivity index (χ0n) is 10.5. The van der Waals surface area contributed by atoms with Crippen molar-refractivity contribution in [2.45, 2.75) is 45.6 Å². The van der Waals surface area contributed by atoms with Crippen LogP contribution in [-0.2, 0) is 6.42 Å². The molecule has 90 valence electrons. The van der Waals surface area contributed by atoms with Crippen LogP contribution in [0.1, 0.15) is 38.7 Å². The number of anilines is 1. The van der Waals surface area contributed by atoms with E-state index in [0.29, 0.717) is 12.6 Å². The largest absolute Gasteiger partial charge is 0.381 e. The quantitative estimate of drug-likeness (QED) is 0.693. The van der Waals surface area contributed by atoms with E-state index in [9.17, 15) is 0 Å². The highest BCUT2D eigenvalue weighted by Gasteiger charge is 1.99. The van der Waals surface area contributed by atoms with Crippen molar-refractivity contribution >= 4 is 5.69 Å². The molecule has 0 saturated heterocycles. The van der Waals surface area contributed by atoms with Crippen LogP contribution in [0, 0.1) is 0 Å². The van der Waals surface area contributed by atoms with E-state index in [2.05, 4.69) is 43.4 Å². The van der Waals surface area contributed by atoms with Crippen LogP contribution >= 0.6 is 0 Å². The second kappa shape index (κ2) is 7.29. The van der Waals surface area contributed by atoms with Crippen LogP contribution in [0.3, 0.4) is 0 Å². The molecule has 0 aliphatic carbocycles. The van der Waals surface area contributed by atoms with Gasteiger partial charge in [0, 0.05) is 18.3 Å². The third-order valence-corrected chi connectivity index (χ3v) is 2.79. The molecule has 2 heteroatoms. The molecule has 1 rings (SSSR count). The Morgan fingerprint density at radius 2 is 1.88 bits per heavy atom. The van der Waals surface area contributed by atoms with Crippen molar-refractivity contribution in [2.75, 3.05) is 11.9 Å². The van der Waals surface area contributed by atoms with Crippen LogP contribution in [0.15, 0.2) is 24.3 Å². The molecule has 0 aromatic heterocycles. The Morgan fingerprint density at radius 1 is 1.19 bits per heavy atom. The second-order valence-corrected chi connectivity index (χ2v) is 4.44. The minimum atomic E-state index is 0.339. The monoisotopic (exact) mass is 220 g/mol. The van der Waals surface area contributed by atoms with Gasteiger partial charge in [-0.2, -0.15) is 0 Å². The maximum absolute atomic E-state index is 5.57. The topological polar surface area (TPSA) is 38.0 Å². The van der Waals surface area contributed by atoms with Crippen LogP contribution in [-0.4, -0.2) is 12.6 Å². The number of rotatable bonds is 7. The lowest BCUT2D eigenvalue weighted by atomic mass is 10.1. The van der Waals surface area contributed by atoms with Crippen LogP contribution < -0.4 is 11.1 Å². The summed E-state index contributed by atoms with van der Waals surface area (Å²) < 4.78 is 0. The van der Waals surface area contributed by atoms with Gasteiger partial charge in [-0.05, 0) is 37.5 Å². The second-order valence-electron chi connectivity index (χ2n) is 4.44. The van der Waals surface area contributed by atoms with Crippen molar-refractivity contribution in [2.24, 2.45) is 5.73 Å². The molecule has 0 fully saturated rings. The highest BCUT2D eigenvalue weighted by molar-refractivity contribution is 5.45. The molecule has 0 radical (unpaired) electrons. The van der Waals surface area contributed by atoms with E-state index in [-0.39, 0.29) is 0 Å². The molecule has 0 saturated carbocycles. The van der Waals surface area contributed by atoms with Gasteiger partial charge in [0.05, 0.1) is 0 Å². The SMILES string of the molecule is CCCCCc1ccc(NC(C)CN)cc1. The molecule has 0 aliphatic heterocycles. The summed E-state index contributed by atoms with van der Waals surface area (Å²) in [5, 5.41) is 3.36. The van der Waals surface area contributed by atoms with E-state index in [4.69, 9.17) is 5.73 Å². The lowest BCUT2D eigenvalue weighted by Gasteiger charge is -2.13. The van der Waals surface area contributed by atoms with Gasteiger partial charge in [0.25, 0.3) is 0 Å². The Kier molecular flexibility index (Phi) is 5.94. The molecule has 1 aromatic rings. The van der Waals surface area contributed by atoms with Gasteiger partial charge in [-0.15, -0.1) is 0 Å². The van der Waals surface area contributed by atoms with Crippen LogP contribution in [0.4, 0.5) is 5.69 Å². The predicted molar refractivity (Wildman–Crippen MR) is 71.8 cm³/mol. The van der Waals surface area contributed by atoms with E-state index in [1.54, 1.807) is 0 Å². The number of unbranched alkanes of at least 4 members (excludes halogenated alkanes) is 2. The minimum Gasteiger partial charge on any atom is -0.381 e. The van der Waals surface area contributed by atoms with E-state index >= 15 is 0 Å². The molecule has 0 spiro atoms. The molecule has 1 unspecified atom stereocenters. The first-order chi connectivity index (χ1) is 7.76. The van der Waals surface area contributed by atoms with Gasteiger partial charge in [0.2, 0.25) is 0 Å². The van der Waals surface area contributed by atoms with Crippen molar-refractivity contribution in [1.82, 2.24) is 0 Å². The maximum atomic E-state index is 5.57. The van der Waals surface area contributed by atoms with Crippen molar-refractivity contribution in [3.63, 3.8) is 0 Å². The van der Waals surface area contributed by atoms with Crippen LogP contribution in [0.2, 0.25) is 0 Å². The first-order valence-corrected chi connectivity index (χ1v) is 6.31. The first kappa shape index (κ1) is 13.0. The Hall–Kier alpha value is -1.02. The fraction of sp³-hybridized carbons (Fsp3) is 0.571. The Bertz CT molecular complexity index is 279. The maximum Gasteiger partial charge on any atom is 0.0355 e. The van der Waals surface area contributed by atoms with Crippen molar-refractivity contribution in [1.29, 1.82) is 0 Å². The van der Waals surface area contributed by atoms with Crippen molar-refractivity contribution < 1.29 is 0 Å². The molecule has 16 heavy (non-hydrogen) atoms. The highest BCUT2D eigenvalue weighted by Crippen LogP contribution is 2.12. The fourth-order valence-electron chi connectivity index (χ4n) is 1.69. The Morgan fingerprint density at radius 3 is 2.44 bits per heavy atom. The minimum absolute atomic E-state index is 0.339. The summed E-state index contributed by atoms with van der Waals surface area (Å²) in [4.78, 5) is 0. The summed E-state index contributed by atoms with van der Waals surface area (Å²) in [7, 11) is 0. The molecular formula is C14H24N2. The Balaban J connectivity index is 2.41. The summed E-state index contributed by atoms with van der Waals surface area (Å²) in [5.41, 5.74) is 8.16.